The molecule has 0 saturated carbocycles. The van der Waals surface area contributed by atoms with Crippen LogP contribution in [0.3, 0.4) is 0 Å². The molecule has 1 aliphatic heterocycles. The summed E-state index contributed by atoms with van der Waals surface area (Å²) in [6.07, 6.45) is 6.25. The van der Waals surface area contributed by atoms with Gasteiger partial charge in [-0.05, 0) is 40.4 Å². The van der Waals surface area contributed by atoms with E-state index < -0.39 is 0 Å². The van der Waals surface area contributed by atoms with E-state index in [1.165, 1.54) is 17.4 Å². The lowest BCUT2D eigenvalue weighted by Crippen LogP contribution is -2.15. The van der Waals surface area contributed by atoms with Crippen LogP contribution in [-0.4, -0.2) is 23.2 Å². The van der Waals surface area contributed by atoms with Crippen molar-refractivity contribution in [2.75, 3.05) is 13.2 Å². The van der Waals surface area contributed by atoms with Gasteiger partial charge in [0, 0.05) is 34.8 Å². The number of aromatic nitrogens is 2. The van der Waals surface area contributed by atoms with Crippen molar-refractivity contribution in [2.24, 2.45) is 0 Å². The van der Waals surface area contributed by atoms with Crippen molar-refractivity contribution >= 4 is 27.0 Å². The van der Waals surface area contributed by atoms with Gasteiger partial charge < -0.3 is 9.72 Å². The highest BCUT2D eigenvalue weighted by atomic mass is 79.9. The minimum Gasteiger partial charge on any atom is -0.381 e. The number of hydrogen-bond donors (Lipinski definition) is 1. The summed E-state index contributed by atoms with van der Waals surface area (Å²) < 4.78 is 6.56. The molecule has 2 aromatic rings. The molecule has 1 saturated heterocycles. The van der Waals surface area contributed by atoms with Gasteiger partial charge in [-0.2, -0.15) is 0 Å². The summed E-state index contributed by atoms with van der Waals surface area (Å²) in [5.41, 5.74) is 2.30. The maximum atomic E-state index is 5.54. The molecule has 0 bridgehead atoms. The fraction of sp³-hybridized carbons (Fsp3) is 0.417. The molecule has 1 unspecified atom stereocenters. The van der Waals surface area contributed by atoms with E-state index in [0.717, 1.165) is 29.8 Å². The lowest BCUT2D eigenvalue weighted by Gasteiger charge is -2.21. The molecule has 3 heterocycles. The minimum absolute atomic E-state index is 0.513. The smallest absolute Gasteiger partial charge is 0.137 e. The van der Waals surface area contributed by atoms with Crippen LogP contribution in [0.15, 0.2) is 22.9 Å². The fourth-order valence-electron chi connectivity index (χ4n) is 2.32. The zero-order chi connectivity index (χ0) is 11.0. The number of nitrogens with zero attached hydrogens (tertiary/aromatic N) is 1. The van der Waals surface area contributed by atoms with Crippen LogP contribution < -0.4 is 0 Å². The number of ether oxygens (including phenoxy) is 1. The highest BCUT2D eigenvalue weighted by molar-refractivity contribution is 9.10. The Bertz CT molecular complexity index is 503. The highest BCUT2D eigenvalue weighted by Gasteiger charge is 2.19. The average molecular weight is 281 g/mol. The molecule has 16 heavy (non-hydrogen) atoms. The predicted octanol–water partition coefficient (Wildman–Crippen LogP) is 3.22. The standard InChI is InChI=1S/C12H13BrN2O/c13-9-4-10-11(6-15-12(10)14-5-9)8-2-1-3-16-7-8/h4-6,8H,1-3,7H2,(H,14,15). The number of rotatable bonds is 1. The van der Waals surface area contributed by atoms with Gasteiger partial charge in [0.15, 0.2) is 0 Å². The van der Waals surface area contributed by atoms with Gasteiger partial charge in [0.1, 0.15) is 5.65 Å². The Morgan fingerprint density at radius 3 is 3.25 bits per heavy atom. The number of pyridine rings is 1. The Morgan fingerprint density at radius 2 is 2.44 bits per heavy atom. The Hall–Kier alpha value is -0.870. The Morgan fingerprint density at radius 1 is 1.50 bits per heavy atom. The van der Waals surface area contributed by atoms with Gasteiger partial charge in [0.05, 0.1) is 6.61 Å². The largest absolute Gasteiger partial charge is 0.381 e. The van der Waals surface area contributed by atoms with Crippen LogP contribution in [0.1, 0.15) is 24.3 Å². The number of nitrogens with one attached hydrogen (secondary N) is 1. The van der Waals surface area contributed by atoms with Gasteiger partial charge in [-0.1, -0.05) is 0 Å². The van der Waals surface area contributed by atoms with Crippen LogP contribution in [0.25, 0.3) is 11.0 Å². The Kier molecular flexibility index (Phi) is 2.69. The first kappa shape index (κ1) is 10.3. The first-order chi connectivity index (χ1) is 7.84. The third-order valence-electron chi connectivity index (χ3n) is 3.13. The van der Waals surface area contributed by atoms with Crippen molar-refractivity contribution in [3.05, 3.63) is 28.5 Å². The molecule has 0 amide bonds. The monoisotopic (exact) mass is 280 g/mol. The zero-order valence-corrected chi connectivity index (χ0v) is 10.5. The molecule has 1 N–H and O–H groups in total. The molecular weight excluding hydrogens is 268 g/mol. The summed E-state index contributed by atoms with van der Waals surface area (Å²) >= 11 is 3.47. The van der Waals surface area contributed by atoms with E-state index >= 15 is 0 Å². The minimum atomic E-state index is 0.513. The van der Waals surface area contributed by atoms with Gasteiger partial charge in [0.2, 0.25) is 0 Å². The van der Waals surface area contributed by atoms with Crippen molar-refractivity contribution in [3.63, 3.8) is 0 Å². The highest BCUT2D eigenvalue weighted by Crippen LogP contribution is 2.31. The van der Waals surface area contributed by atoms with Gasteiger partial charge in [-0.15, -0.1) is 0 Å². The van der Waals surface area contributed by atoms with Crippen molar-refractivity contribution in [3.8, 4) is 0 Å². The summed E-state index contributed by atoms with van der Waals surface area (Å²) in [6, 6.07) is 2.13. The maximum Gasteiger partial charge on any atom is 0.137 e. The number of aromatic amines is 1. The van der Waals surface area contributed by atoms with Crippen LogP contribution in [-0.2, 0) is 4.74 Å². The third kappa shape index (κ3) is 1.76. The topological polar surface area (TPSA) is 37.9 Å². The fourth-order valence-corrected chi connectivity index (χ4v) is 2.65. The normalized spacial score (nSPS) is 21.4. The molecule has 0 aliphatic carbocycles. The molecule has 3 rings (SSSR count). The van der Waals surface area contributed by atoms with E-state index in [1.54, 1.807) is 0 Å². The quantitative estimate of drug-likeness (QED) is 0.871. The molecule has 1 aliphatic rings. The second kappa shape index (κ2) is 4.18. The third-order valence-corrected chi connectivity index (χ3v) is 3.56. The number of halogens is 1. The first-order valence-electron chi connectivity index (χ1n) is 5.55. The van der Waals surface area contributed by atoms with Gasteiger partial charge in [-0.25, -0.2) is 4.98 Å². The molecule has 0 aromatic carbocycles. The maximum absolute atomic E-state index is 5.54. The van der Waals surface area contributed by atoms with Crippen molar-refractivity contribution < 1.29 is 4.74 Å². The lowest BCUT2D eigenvalue weighted by molar-refractivity contribution is 0.0808. The van der Waals surface area contributed by atoms with Crippen LogP contribution in [0.4, 0.5) is 0 Å². The Balaban J connectivity index is 2.05. The van der Waals surface area contributed by atoms with Crippen molar-refractivity contribution in [1.82, 2.24) is 9.97 Å². The van der Waals surface area contributed by atoms with Gasteiger partial charge in [0.25, 0.3) is 0 Å². The van der Waals surface area contributed by atoms with E-state index in [0.29, 0.717) is 5.92 Å². The molecule has 0 radical (unpaired) electrons. The predicted molar refractivity (Wildman–Crippen MR) is 66.6 cm³/mol. The zero-order valence-electron chi connectivity index (χ0n) is 8.87. The van der Waals surface area contributed by atoms with Crippen LogP contribution in [0.2, 0.25) is 0 Å². The van der Waals surface area contributed by atoms with Crippen molar-refractivity contribution in [1.29, 1.82) is 0 Å². The summed E-state index contributed by atoms with van der Waals surface area (Å²) in [4.78, 5) is 7.58. The van der Waals surface area contributed by atoms with E-state index in [4.69, 9.17) is 4.74 Å². The van der Waals surface area contributed by atoms with Crippen molar-refractivity contribution in [2.45, 2.75) is 18.8 Å². The molecule has 4 heteroatoms. The molecule has 0 spiro atoms. The van der Waals surface area contributed by atoms with Crippen LogP contribution >= 0.6 is 15.9 Å². The van der Waals surface area contributed by atoms with Crippen LogP contribution in [0.5, 0.6) is 0 Å². The number of hydrogen-bond acceptors (Lipinski definition) is 2. The second-order valence-corrected chi connectivity index (χ2v) is 5.12. The number of fused-ring (bicyclic) bond motifs is 1. The SMILES string of the molecule is Brc1cnc2[nH]cc(C3CCCOC3)c2c1. The van der Waals surface area contributed by atoms with Gasteiger partial charge >= 0.3 is 0 Å². The summed E-state index contributed by atoms with van der Waals surface area (Å²) in [5.74, 6) is 0.513. The molecule has 84 valence electrons. The molecule has 3 nitrogen and oxygen atoms in total. The van der Waals surface area contributed by atoms with Gasteiger partial charge in [-0.3, -0.25) is 0 Å². The second-order valence-electron chi connectivity index (χ2n) is 4.21. The lowest BCUT2D eigenvalue weighted by atomic mass is 9.94. The molecular formula is C12H13BrN2O. The average Bonchev–Trinajstić information content (AvgIpc) is 2.73. The van der Waals surface area contributed by atoms with E-state index in [-0.39, 0.29) is 0 Å². The summed E-state index contributed by atoms with van der Waals surface area (Å²) in [6.45, 7) is 1.74. The summed E-state index contributed by atoms with van der Waals surface area (Å²) in [7, 11) is 0. The van der Waals surface area contributed by atoms with Crippen LogP contribution in [0, 0.1) is 0 Å². The molecule has 1 fully saturated rings. The first-order valence-corrected chi connectivity index (χ1v) is 6.34. The summed E-state index contributed by atoms with van der Waals surface area (Å²) in [5, 5.41) is 1.21. The van der Waals surface area contributed by atoms with E-state index in [2.05, 4.69) is 38.2 Å². The molecule has 2 aromatic heterocycles. The Labute approximate surface area is 102 Å². The van der Waals surface area contributed by atoms with E-state index in [9.17, 15) is 0 Å². The number of H-pyrrole nitrogens is 1. The molecule has 1 atom stereocenters. The van der Waals surface area contributed by atoms with E-state index in [1.807, 2.05) is 6.20 Å².